The van der Waals surface area contributed by atoms with E-state index in [1.807, 2.05) is 25.7 Å². The predicted molar refractivity (Wildman–Crippen MR) is 74.2 cm³/mol. The number of hydrogen-bond donors (Lipinski definition) is 0. The molecule has 1 saturated heterocycles. The van der Waals surface area contributed by atoms with Crippen molar-refractivity contribution in [2.75, 3.05) is 6.54 Å². The van der Waals surface area contributed by atoms with Gasteiger partial charge in [-0.05, 0) is 46.5 Å². The van der Waals surface area contributed by atoms with E-state index in [9.17, 15) is 9.59 Å². The zero-order valence-electron chi connectivity index (χ0n) is 12.8. The number of nitrogens with zero attached hydrogens (tertiary/aromatic N) is 1. The molecule has 1 heterocycles. The van der Waals surface area contributed by atoms with E-state index < -0.39 is 5.60 Å². The highest BCUT2D eigenvalue weighted by Crippen LogP contribution is 2.38. The van der Waals surface area contributed by atoms with Crippen molar-refractivity contribution in [3.8, 4) is 0 Å². The van der Waals surface area contributed by atoms with Crippen molar-refractivity contribution in [1.29, 1.82) is 0 Å². The Morgan fingerprint density at radius 3 is 2.45 bits per heavy atom. The molecular formula is C15H25NO4. The second-order valence-corrected chi connectivity index (χ2v) is 6.77. The fourth-order valence-corrected chi connectivity index (χ4v) is 3.33. The van der Waals surface area contributed by atoms with Gasteiger partial charge in [0.05, 0.1) is 0 Å². The Bertz CT molecular complexity index is 388. The van der Waals surface area contributed by atoms with Crippen LogP contribution in [-0.4, -0.2) is 41.3 Å². The first kappa shape index (κ1) is 15.1. The molecule has 114 valence electrons. The second-order valence-electron chi connectivity index (χ2n) is 6.77. The van der Waals surface area contributed by atoms with Crippen molar-refractivity contribution < 1.29 is 19.1 Å². The standard InChI is InChI=1S/C15H25NO4/c1-10(17)19-13-7-5-6-12-11(13)8-9-16(12)14(18)20-15(2,3)4/h11-13H,5-9H2,1-4H3/t11-,12-,13-/m1/s1. The van der Waals surface area contributed by atoms with Crippen molar-refractivity contribution in [2.24, 2.45) is 5.92 Å². The van der Waals surface area contributed by atoms with Crippen molar-refractivity contribution in [2.45, 2.75) is 71.1 Å². The highest BCUT2D eigenvalue weighted by Gasteiger charge is 2.45. The van der Waals surface area contributed by atoms with Gasteiger partial charge in [0.15, 0.2) is 0 Å². The number of esters is 1. The van der Waals surface area contributed by atoms with E-state index in [1.165, 1.54) is 6.92 Å². The average molecular weight is 283 g/mol. The maximum atomic E-state index is 12.2. The summed E-state index contributed by atoms with van der Waals surface area (Å²) in [5.74, 6) is 0.0338. The van der Waals surface area contributed by atoms with E-state index in [4.69, 9.17) is 9.47 Å². The zero-order chi connectivity index (χ0) is 14.9. The molecule has 2 rings (SSSR count). The van der Waals surface area contributed by atoms with Crippen LogP contribution in [0.1, 0.15) is 53.4 Å². The second kappa shape index (κ2) is 5.62. The Labute approximate surface area is 120 Å². The fourth-order valence-electron chi connectivity index (χ4n) is 3.33. The molecule has 0 bridgehead atoms. The third-order valence-electron chi connectivity index (χ3n) is 4.01. The maximum Gasteiger partial charge on any atom is 0.410 e. The number of carbonyl (C=O) groups is 2. The van der Waals surface area contributed by atoms with Crippen LogP contribution < -0.4 is 0 Å². The highest BCUT2D eigenvalue weighted by atomic mass is 16.6. The van der Waals surface area contributed by atoms with Gasteiger partial charge >= 0.3 is 12.1 Å². The summed E-state index contributed by atoms with van der Waals surface area (Å²) < 4.78 is 10.9. The summed E-state index contributed by atoms with van der Waals surface area (Å²) in [7, 11) is 0. The van der Waals surface area contributed by atoms with Crippen LogP contribution in [0.15, 0.2) is 0 Å². The molecule has 0 aromatic carbocycles. The third kappa shape index (κ3) is 3.44. The van der Waals surface area contributed by atoms with Gasteiger partial charge in [0.25, 0.3) is 0 Å². The summed E-state index contributed by atoms with van der Waals surface area (Å²) in [5.41, 5.74) is -0.473. The molecule has 1 amide bonds. The summed E-state index contributed by atoms with van der Waals surface area (Å²) in [5, 5.41) is 0. The number of carbonyl (C=O) groups excluding carboxylic acids is 2. The van der Waals surface area contributed by atoms with Crippen molar-refractivity contribution >= 4 is 12.1 Å². The molecule has 1 saturated carbocycles. The van der Waals surface area contributed by atoms with E-state index in [0.29, 0.717) is 6.54 Å². The first-order valence-electron chi connectivity index (χ1n) is 7.45. The monoisotopic (exact) mass is 283 g/mol. The lowest BCUT2D eigenvalue weighted by Crippen LogP contribution is -2.46. The minimum atomic E-state index is -0.473. The quantitative estimate of drug-likeness (QED) is 0.694. The largest absolute Gasteiger partial charge is 0.462 e. The van der Waals surface area contributed by atoms with Gasteiger partial charge in [-0.15, -0.1) is 0 Å². The molecule has 0 radical (unpaired) electrons. The summed E-state index contributed by atoms with van der Waals surface area (Å²) in [6.45, 7) is 7.77. The van der Waals surface area contributed by atoms with Gasteiger partial charge in [-0.25, -0.2) is 4.79 Å². The predicted octanol–water partition coefficient (Wildman–Crippen LogP) is 2.73. The van der Waals surface area contributed by atoms with Gasteiger partial charge in [-0.2, -0.15) is 0 Å². The van der Waals surface area contributed by atoms with Crippen LogP contribution in [0, 0.1) is 5.92 Å². The molecule has 20 heavy (non-hydrogen) atoms. The summed E-state index contributed by atoms with van der Waals surface area (Å²) in [4.78, 5) is 25.2. The molecule has 0 aromatic rings. The number of amides is 1. The molecule has 0 N–H and O–H groups in total. The molecular weight excluding hydrogens is 258 g/mol. The maximum absolute atomic E-state index is 12.2. The van der Waals surface area contributed by atoms with Crippen LogP contribution >= 0.6 is 0 Å². The van der Waals surface area contributed by atoms with Crippen LogP contribution in [0.5, 0.6) is 0 Å². The number of fused-ring (bicyclic) bond motifs is 1. The molecule has 5 heteroatoms. The smallest absolute Gasteiger partial charge is 0.410 e. The third-order valence-corrected chi connectivity index (χ3v) is 4.01. The van der Waals surface area contributed by atoms with Crippen LogP contribution in [0.4, 0.5) is 4.79 Å². The Hall–Kier alpha value is -1.26. The Morgan fingerprint density at radius 1 is 1.15 bits per heavy atom. The fraction of sp³-hybridized carbons (Fsp3) is 0.867. The van der Waals surface area contributed by atoms with E-state index in [1.54, 1.807) is 0 Å². The van der Waals surface area contributed by atoms with Crippen LogP contribution in [0.2, 0.25) is 0 Å². The van der Waals surface area contributed by atoms with Gasteiger partial charge in [-0.1, -0.05) is 0 Å². The Balaban J connectivity index is 2.02. The van der Waals surface area contributed by atoms with Crippen molar-refractivity contribution in [3.05, 3.63) is 0 Å². The molecule has 2 fully saturated rings. The van der Waals surface area contributed by atoms with Gasteiger partial charge in [-0.3, -0.25) is 4.79 Å². The normalized spacial score (nSPS) is 29.8. The molecule has 2 aliphatic rings. The number of rotatable bonds is 1. The Kier molecular flexibility index (Phi) is 4.25. The SMILES string of the molecule is CC(=O)O[C@@H]1CCC[C@@H]2[C@H]1CCN2C(=O)OC(C)(C)C. The summed E-state index contributed by atoms with van der Waals surface area (Å²) >= 11 is 0. The van der Waals surface area contributed by atoms with Gasteiger partial charge in [0.2, 0.25) is 0 Å². The van der Waals surface area contributed by atoms with Crippen molar-refractivity contribution in [3.63, 3.8) is 0 Å². The minimum Gasteiger partial charge on any atom is -0.462 e. The zero-order valence-corrected chi connectivity index (χ0v) is 12.8. The molecule has 0 aromatic heterocycles. The van der Waals surface area contributed by atoms with E-state index >= 15 is 0 Å². The van der Waals surface area contributed by atoms with E-state index in [0.717, 1.165) is 25.7 Å². The first-order chi connectivity index (χ1) is 9.28. The molecule has 0 unspecified atom stereocenters. The van der Waals surface area contributed by atoms with E-state index in [2.05, 4.69) is 0 Å². The topological polar surface area (TPSA) is 55.8 Å². The number of hydrogen-bond acceptors (Lipinski definition) is 4. The number of likely N-dealkylation sites (tertiary alicyclic amines) is 1. The summed E-state index contributed by atoms with van der Waals surface area (Å²) in [6.07, 6.45) is 3.47. The van der Waals surface area contributed by atoms with E-state index in [-0.39, 0.29) is 30.1 Å². The van der Waals surface area contributed by atoms with Crippen molar-refractivity contribution in [1.82, 2.24) is 4.90 Å². The highest BCUT2D eigenvalue weighted by molar-refractivity contribution is 5.69. The first-order valence-corrected chi connectivity index (χ1v) is 7.45. The average Bonchev–Trinajstić information content (AvgIpc) is 2.70. The lowest BCUT2D eigenvalue weighted by atomic mass is 9.82. The molecule has 5 nitrogen and oxygen atoms in total. The lowest BCUT2D eigenvalue weighted by Gasteiger charge is -2.36. The lowest BCUT2D eigenvalue weighted by molar-refractivity contribution is -0.151. The van der Waals surface area contributed by atoms with Gasteiger partial charge in [0.1, 0.15) is 11.7 Å². The Morgan fingerprint density at radius 2 is 1.85 bits per heavy atom. The van der Waals surface area contributed by atoms with Crippen LogP contribution in [-0.2, 0) is 14.3 Å². The van der Waals surface area contributed by atoms with Crippen LogP contribution in [0.25, 0.3) is 0 Å². The number of ether oxygens (including phenoxy) is 2. The van der Waals surface area contributed by atoms with Crippen LogP contribution in [0.3, 0.4) is 0 Å². The molecule has 3 atom stereocenters. The van der Waals surface area contributed by atoms with Gasteiger partial charge in [0, 0.05) is 25.4 Å². The summed E-state index contributed by atoms with van der Waals surface area (Å²) in [6, 6.07) is 0.156. The minimum absolute atomic E-state index is 0.0429. The molecule has 1 aliphatic heterocycles. The molecule has 1 aliphatic carbocycles. The van der Waals surface area contributed by atoms with Gasteiger partial charge < -0.3 is 14.4 Å². The molecule has 0 spiro atoms.